The molecular formula is C27H33FN4O2. The third-order valence-corrected chi connectivity index (χ3v) is 7.76. The molecule has 0 N–H and O–H groups in total. The Kier molecular flexibility index (Phi) is 6.14. The number of hydrogen-bond donors (Lipinski definition) is 0. The Bertz CT molecular complexity index is 1130. The van der Waals surface area contributed by atoms with Gasteiger partial charge in [-0.15, -0.1) is 0 Å². The van der Waals surface area contributed by atoms with Crippen LogP contribution in [0.4, 0.5) is 10.2 Å². The molecule has 3 aliphatic heterocycles. The molecule has 7 heteroatoms. The predicted octanol–water partition coefficient (Wildman–Crippen LogP) is 4.54. The lowest BCUT2D eigenvalue weighted by molar-refractivity contribution is 0.0723. The van der Waals surface area contributed by atoms with E-state index >= 15 is 0 Å². The number of para-hydroxylation sites is 1. The zero-order chi connectivity index (χ0) is 22.9. The van der Waals surface area contributed by atoms with E-state index in [1.165, 1.54) is 43.6 Å². The van der Waals surface area contributed by atoms with Gasteiger partial charge in [0.25, 0.3) is 0 Å². The number of likely N-dealkylation sites (tertiary alicyclic amines) is 1. The number of hydrogen-bond acceptors (Lipinski definition) is 6. The van der Waals surface area contributed by atoms with Gasteiger partial charge in [0.15, 0.2) is 11.4 Å². The van der Waals surface area contributed by atoms with E-state index in [2.05, 4.69) is 44.1 Å². The van der Waals surface area contributed by atoms with E-state index in [4.69, 9.17) is 9.26 Å². The number of ether oxygens (including phenoxy) is 1. The molecule has 3 aromatic rings. The lowest BCUT2D eigenvalue weighted by Crippen LogP contribution is -2.57. The largest absolute Gasteiger partial charge is 0.493 e. The van der Waals surface area contributed by atoms with E-state index in [-0.39, 0.29) is 5.82 Å². The molecule has 6 nitrogen and oxygen atoms in total. The van der Waals surface area contributed by atoms with Crippen LogP contribution < -0.4 is 9.64 Å². The highest BCUT2D eigenvalue weighted by Gasteiger charge is 2.34. The Balaban J connectivity index is 1.05. The fourth-order valence-corrected chi connectivity index (χ4v) is 5.88. The number of piperazine rings is 1. The molecule has 34 heavy (non-hydrogen) atoms. The smallest absolute Gasteiger partial charge is 0.180 e. The molecule has 0 spiro atoms. The van der Waals surface area contributed by atoms with Crippen molar-refractivity contribution in [2.45, 2.75) is 38.3 Å². The highest BCUT2D eigenvalue weighted by Crippen LogP contribution is 2.32. The molecule has 4 heterocycles. The van der Waals surface area contributed by atoms with Crippen molar-refractivity contribution in [3.05, 3.63) is 53.8 Å². The Morgan fingerprint density at radius 1 is 1.00 bits per heavy atom. The van der Waals surface area contributed by atoms with Crippen molar-refractivity contribution < 1.29 is 13.7 Å². The van der Waals surface area contributed by atoms with Crippen molar-refractivity contribution >= 4 is 16.8 Å². The molecule has 180 valence electrons. The van der Waals surface area contributed by atoms with Crippen LogP contribution >= 0.6 is 0 Å². The topological polar surface area (TPSA) is 45.0 Å². The number of halogens is 1. The fraction of sp³-hybridized carbons (Fsp3) is 0.519. The summed E-state index contributed by atoms with van der Waals surface area (Å²) in [6.07, 6.45) is 4.92. The average Bonchev–Trinajstić information content (AvgIpc) is 3.53. The summed E-state index contributed by atoms with van der Waals surface area (Å²) in [5.74, 6) is 2.11. The van der Waals surface area contributed by atoms with E-state index < -0.39 is 0 Å². The van der Waals surface area contributed by atoms with Crippen LogP contribution in [0.2, 0.25) is 0 Å². The first-order valence-corrected chi connectivity index (χ1v) is 12.7. The van der Waals surface area contributed by atoms with Crippen molar-refractivity contribution in [3.8, 4) is 5.75 Å². The van der Waals surface area contributed by atoms with Crippen molar-refractivity contribution in [2.24, 2.45) is 5.92 Å². The molecule has 0 unspecified atom stereocenters. The average molecular weight is 465 g/mol. The van der Waals surface area contributed by atoms with Gasteiger partial charge in [0.05, 0.1) is 12.0 Å². The molecule has 0 saturated carbocycles. The lowest BCUT2D eigenvalue weighted by atomic mass is 9.91. The number of anilines is 1. The van der Waals surface area contributed by atoms with Gasteiger partial charge in [0, 0.05) is 50.2 Å². The first-order valence-electron chi connectivity index (χ1n) is 12.7. The van der Waals surface area contributed by atoms with Gasteiger partial charge < -0.3 is 14.2 Å². The van der Waals surface area contributed by atoms with Gasteiger partial charge in [-0.3, -0.25) is 9.80 Å². The number of fused-ring (bicyclic) bond motifs is 2. The fourth-order valence-electron chi connectivity index (χ4n) is 5.88. The Hall–Kier alpha value is -2.64. The molecule has 3 aliphatic rings. The van der Waals surface area contributed by atoms with Crippen LogP contribution in [0.15, 0.2) is 47.0 Å². The van der Waals surface area contributed by atoms with Crippen LogP contribution in [0.3, 0.4) is 0 Å². The van der Waals surface area contributed by atoms with Crippen molar-refractivity contribution in [1.82, 2.24) is 15.0 Å². The van der Waals surface area contributed by atoms with Crippen LogP contribution in [0, 0.1) is 11.7 Å². The molecule has 0 amide bonds. The number of piperidine rings is 1. The quantitative estimate of drug-likeness (QED) is 0.534. The SMILES string of the molecule is Fc1ccc2onc(N3CCN4C[C@H](COc5ccccc5CN5CCCC5)CC[C@@H]4C3)c2c1. The summed E-state index contributed by atoms with van der Waals surface area (Å²) in [5.41, 5.74) is 1.95. The molecule has 2 aromatic carbocycles. The van der Waals surface area contributed by atoms with Gasteiger partial charge in [-0.25, -0.2) is 4.39 Å². The maximum atomic E-state index is 13.8. The lowest BCUT2D eigenvalue weighted by Gasteiger charge is -2.46. The summed E-state index contributed by atoms with van der Waals surface area (Å²) >= 11 is 0. The third kappa shape index (κ3) is 4.51. The van der Waals surface area contributed by atoms with Crippen molar-refractivity contribution in [3.63, 3.8) is 0 Å². The van der Waals surface area contributed by atoms with Gasteiger partial charge >= 0.3 is 0 Å². The van der Waals surface area contributed by atoms with E-state index in [1.807, 2.05) is 0 Å². The Morgan fingerprint density at radius 2 is 1.88 bits per heavy atom. The monoisotopic (exact) mass is 464 g/mol. The number of nitrogens with zero attached hydrogens (tertiary/aromatic N) is 4. The van der Waals surface area contributed by atoms with Gasteiger partial charge in [-0.05, 0) is 63.0 Å². The summed E-state index contributed by atoms with van der Waals surface area (Å²) in [7, 11) is 0. The molecule has 3 fully saturated rings. The van der Waals surface area contributed by atoms with E-state index in [1.54, 1.807) is 6.07 Å². The summed E-state index contributed by atoms with van der Waals surface area (Å²) in [4.78, 5) is 7.39. The number of rotatable bonds is 6. The van der Waals surface area contributed by atoms with Crippen LogP contribution in [-0.2, 0) is 6.54 Å². The third-order valence-electron chi connectivity index (χ3n) is 7.76. The van der Waals surface area contributed by atoms with Crippen LogP contribution in [0.1, 0.15) is 31.2 Å². The van der Waals surface area contributed by atoms with Gasteiger partial charge in [0.2, 0.25) is 0 Å². The second-order valence-corrected chi connectivity index (χ2v) is 10.1. The molecule has 1 aromatic heterocycles. The first-order chi connectivity index (χ1) is 16.7. The Morgan fingerprint density at radius 3 is 2.79 bits per heavy atom. The first kappa shape index (κ1) is 21.9. The predicted molar refractivity (Wildman–Crippen MR) is 131 cm³/mol. The zero-order valence-corrected chi connectivity index (χ0v) is 19.7. The standard InChI is InChI=1S/C27H33FN4O2/c28-22-8-10-26-24(15-22)27(29-34-26)32-14-13-31-16-20(7-9-23(31)18-32)19-33-25-6-2-1-5-21(25)17-30-11-3-4-12-30/h1-2,5-6,8,10,15,20,23H,3-4,7,9,11-14,16-19H2/t20-,23-/m1/s1. The van der Waals surface area contributed by atoms with Gasteiger partial charge in [-0.2, -0.15) is 0 Å². The van der Waals surface area contributed by atoms with Crippen molar-refractivity contribution in [1.29, 1.82) is 0 Å². The normalized spacial score (nSPS) is 24.0. The maximum Gasteiger partial charge on any atom is 0.180 e. The minimum absolute atomic E-state index is 0.252. The highest BCUT2D eigenvalue weighted by atomic mass is 19.1. The molecular weight excluding hydrogens is 431 g/mol. The summed E-state index contributed by atoms with van der Waals surface area (Å²) in [6.45, 7) is 8.00. The molecule has 2 atom stereocenters. The van der Waals surface area contributed by atoms with Crippen LogP contribution in [0.25, 0.3) is 11.0 Å². The summed E-state index contributed by atoms with van der Waals surface area (Å²) < 4.78 is 25.6. The minimum Gasteiger partial charge on any atom is -0.493 e. The molecule has 3 saturated heterocycles. The van der Waals surface area contributed by atoms with E-state index in [0.717, 1.165) is 69.1 Å². The zero-order valence-electron chi connectivity index (χ0n) is 19.7. The molecule has 6 rings (SSSR count). The second-order valence-electron chi connectivity index (χ2n) is 10.1. The van der Waals surface area contributed by atoms with E-state index in [0.29, 0.717) is 17.5 Å². The second kappa shape index (κ2) is 9.55. The van der Waals surface area contributed by atoms with Crippen LogP contribution in [-0.4, -0.2) is 66.9 Å². The van der Waals surface area contributed by atoms with Gasteiger partial charge in [0.1, 0.15) is 11.6 Å². The minimum atomic E-state index is -0.252. The van der Waals surface area contributed by atoms with Gasteiger partial charge in [-0.1, -0.05) is 23.4 Å². The molecule has 0 radical (unpaired) electrons. The Labute approximate surface area is 200 Å². The maximum absolute atomic E-state index is 13.8. The molecule has 0 aliphatic carbocycles. The van der Waals surface area contributed by atoms with Crippen molar-refractivity contribution in [2.75, 3.05) is 50.8 Å². The van der Waals surface area contributed by atoms with Crippen LogP contribution in [0.5, 0.6) is 5.75 Å². The summed E-state index contributed by atoms with van der Waals surface area (Å²) in [6, 6.07) is 13.6. The van der Waals surface area contributed by atoms with E-state index in [9.17, 15) is 4.39 Å². The summed E-state index contributed by atoms with van der Waals surface area (Å²) in [5, 5.41) is 5.03. The number of benzene rings is 2. The highest BCUT2D eigenvalue weighted by molar-refractivity contribution is 5.88. The molecule has 0 bridgehead atoms. The number of aromatic nitrogens is 1.